The van der Waals surface area contributed by atoms with Gasteiger partial charge in [-0.15, -0.1) is 0 Å². The fraction of sp³-hybridized carbons (Fsp3) is 0.333. The molecule has 0 heterocycles. The standard InChI is InChI=1S/C21H25NO5/c1-15-7-4-5-8-19(15)26-12-6-9-20(23)22-18-11-10-17(13-16(18)2)27-14-21(24)25-3/h4-5,7-8,10-11,13H,6,9,12,14H2,1-3H3,(H,22,23). The molecule has 0 saturated heterocycles. The quantitative estimate of drug-likeness (QED) is 0.538. The summed E-state index contributed by atoms with van der Waals surface area (Å²) in [6.07, 6.45) is 0.992. The van der Waals surface area contributed by atoms with E-state index in [1.165, 1.54) is 7.11 Å². The normalized spacial score (nSPS) is 10.2. The van der Waals surface area contributed by atoms with Gasteiger partial charge in [-0.3, -0.25) is 4.79 Å². The lowest BCUT2D eigenvalue weighted by atomic mass is 10.2. The SMILES string of the molecule is COC(=O)COc1ccc(NC(=O)CCCOc2ccccc2C)c(C)c1. The van der Waals surface area contributed by atoms with E-state index in [1.54, 1.807) is 18.2 Å². The second-order valence-electron chi connectivity index (χ2n) is 6.11. The molecule has 6 nitrogen and oxygen atoms in total. The highest BCUT2D eigenvalue weighted by Crippen LogP contribution is 2.22. The molecular weight excluding hydrogens is 346 g/mol. The monoisotopic (exact) mass is 371 g/mol. The minimum atomic E-state index is -0.446. The molecule has 144 valence electrons. The Kier molecular flexibility index (Phi) is 7.67. The predicted octanol–water partition coefficient (Wildman–Crippen LogP) is 3.65. The number of hydrogen-bond donors (Lipinski definition) is 1. The van der Waals surface area contributed by atoms with Crippen LogP contribution >= 0.6 is 0 Å². The maximum atomic E-state index is 12.1. The molecule has 0 unspecified atom stereocenters. The molecule has 0 spiro atoms. The van der Waals surface area contributed by atoms with Gasteiger partial charge in [-0.2, -0.15) is 0 Å². The zero-order valence-electron chi connectivity index (χ0n) is 15.9. The number of anilines is 1. The van der Waals surface area contributed by atoms with Crippen LogP contribution in [-0.4, -0.2) is 32.2 Å². The van der Waals surface area contributed by atoms with Crippen LogP contribution in [0.2, 0.25) is 0 Å². The van der Waals surface area contributed by atoms with Gasteiger partial charge in [-0.1, -0.05) is 18.2 Å². The maximum Gasteiger partial charge on any atom is 0.343 e. The van der Waals surface area contributed by atoms with Gasteiger partial charge in [-0.05, 0) is 55.7 Å². The van der Waals surface area contributed by atoms with Gasteiger partial charge in [0, 0.05) is 12.1 Å². The molecule has 0 bridgehead atoms. The van der Waals surface area contributed by atoms with Crippen molar-refractivity contribution in [3.05, 3.63) is 53.6 Å². The Morgan fingerprint density at radius 2 is 1.78 bits per heavy atom. The molecule has 0 fully saturated rings. The molecule has 0 atom stereocenters. The number of benzene rings is 2. The Bertz CT molecular complexity index is 788. The third kappa shape index (κ3) is 6.66. The third-order valence-corrected chi connectivity index (χ3v) is 3.96. The minimum absolute atomic E-state index is 0.0743. The highest BCUT2D eigenvalue weighted by molar-refractivity contribution is 5.91. The van der Waals surface area contributed by atoms with Crippen LogP contribution in [0.1, 0.15) is 24.0 Å². The number of rotatable bonds is 9. The van der Waals surface area contributed by atoms with E-state index in [0.29, 0.717) is 30.9 Å². The Morgan fingerprint density at radius 3 is 2.48 bits per heavy atom. The van der Waals surface area contributed by atoms with Crippen LogP contribution in [0.5, 0.6) is 11.5 Å². The van der Waals surface area contributed by atoms with Crippen molar-refractivity contribution in [1.82, 2.24) is 0 Å². The highest BCUT2D eigenvalue weighted by Gasteiger charge is 2.08. The maximum absolute atomic E-state index is 12.1. The van der Waals surface area contributed by atoms with Crippen molar-refractivity contribution in [3.63, 3.8) is 0 Å². The lowest BCUT2D eigenvalue weighted by Crippen LogP contribution is -2.14. The van der Waals surface area contributed by atoms with Crippen molar-refractivity contribution in [3.8, 4) is 11.5 Å². The number of esters is 1. The number of aryl methyl sites for hydroxylation is 2. The smallest absolute Gasteiger partial charge is 0.343 e. The Morgan fingerprint density at radius 1 is 1.00 bits per heavy atom. The molecule has 1 amide bonds. The van der Waals surface area contributed by atoms with E-state index in [1.807, 2.05) is 38.1 Å². The Labute approximate surface area is 159 Å². The number of nitrogens with one attached hydrogen (secondary N) is 1. The van der Waals surface area contributed by atoms with Crippen molar-refractivity contribution < 1.29 is 23.8 Å². The summed E-state index contributed by atoms with van der Waals surface area (Å²) < 4.78 is 15.6. The molecule has 0 radical (unpaired) electrons. The van der Waals surface area contributed by atoms with Crippen LogP contribution in [0.3, 0.4) is 0 Å². The average Bonchev–Trinajstić information content (AvgIpc) is 2.66. The van der Waals surface area contributed by atoms with Crippen molar-refractivity contribution in [2.45, 2.75) is 26.7 Å². The summed E-state index contributed by atoms with van der Waals surface area (Å²) in [6, 6.07) is 13.0. The molecular formula is C21H25NO5. The number of hydrogen-bond acceptors (Lipinski definition) is 5. The summed E-state index contributed by atoms with van der Waals surface area (Å²) in [4.78, 5) is 23.2. The summed E-state index contributed by atoms with van der Waals surface area (Å²) in [5.41, 5.74) is 2.64. The van der Waals surface area contributed by atoms with Crippen LogP contribution in [-0.2, 0) is 14.3 Å². The van der Waals surface area contributed by atoms with E-state index in [9.17, 15) is 9.59 Å². The van der Waals surface area contributed by atoms with Crippen molar-refractivity contribution in [2.75, 3.05) is 25.6 Å². The number of para-hydroxylation sites is 1. The first-order valence-corrected chi connectivity index (χ1v) is 8.78. The van der Waals surface area contributed by atoms with Gasteiger partial charge in [0.25, 0.3) is 0 Å². The Balaban J connectivity index is 1.76. The van der Waals surface area contributed by atoms with Crippen LogP contribution in [0.15, 0.2) is 42.5 Å². The summed E-state index contributed by atoms with van der Waals surface area (Å²) in [6.45, 7) is 4.19. The van der Waals surface area contributed by atoms with E-state index in [-0.39, 0.29) is 12.5 Å². The summed E-state index contributed by atoms with van der Waals surface area (Å²) >= 11 is 0. The number of ether oxygens (including phenoxy) is 3. The summed E-state index contributed by atoms with van der Waals surface area (Å²) in [7, 11) is 1.31. The molecule has 0 aliphatic rings. The summed E-state index contributed by atoms with van der Waals surface area (Å²) in [5, 5.41) is 2.88. The lowest BCUT2D eigenvalue weighted by molar-refractivity contribution is -0.142. The van der Waals surface area contributed by atoms with E-state index >= 15 is 0 Å². The topological polar surface area (TPSA) is 73.9 Å². The van der Waals surface area contributed by atoms with Gasteiger partial charge in [0.05, 0.1) is 13.7 Å². The molecule has 0 aliphatic heterocycles. The van der Waals surface area contributed by atoms with Gasteiger partial charge in [0.2, 0.25) is 5.91 Å². The van der Waals surface area contributed by atoms with Crippen molar-refractivity contribution >= 4 is 17.6 Å². The molecule has 0 aromatic heterocycles. The van der Waals surface area contributed by atoms with Gasteiger partial charge in [0.1, 0.15) is 11.5 Å². The van der Waals surface area contributed by atoms with Crippen molar-refractivity contribution in [2.24, 2.45) is 0 Å². The molecule has 2 rings (SSSR count). The van der Waals surface area contributed by atoms with Gasteiger partial charge >= 0.3 is 5.97 Å². The van der Waals surface area contributed by atoms with E-state index in [0.717, 1.165) is 16.9 Å². The average molecular weight is 371 g/mol. The van der Waals surface area contributed by atoms with Crippen LogP contribution in [0.4, 0.5) is 5.69 Å². The van der Waals surface area contributed by atoms with Gasteiger partial charge < -0.3 is 19.5 Å². The zero-order valence-corrected chi connectivity index (χ0v) is 15.9. The fourth-order valence-corrected chi connectivity index (χ4v) is 2.41. The number of methoxy groups -OCH3 is 1. The number of carbonyl (C=O) groups is 2. The lowest BCUT2D eigenvalue weighted by Gasteiger charge is -2.11. The molecule has 27 heavy (non-hydrogen) atoms. The van der Waals surface area contributed by atoms with Gasteiger partial charge in [0.15, 0.2) is 6.61 Å². The second kappa shape index (κ2) is 10.2. The summed E-state index contributed by atoms with van der Waals surface area (Å²) in [5.74, 6) is 0.867. The zero-order chi connectivity index (χ0) is 19.6. The Hall–Kier alpha value is -3.02. The first kappa shape index (κ1) is 20.3. The molecule has 6 heteroatoms. The van der Waals surface area contributed by atoms with E-state index in [2.05, 4.69) is 10.1 Å². The van der Waals surface area contributed by atoms with Crippen LogP contribution in [0, 0.1) is 13.8 Å². The largest absolute Gasteiger partial charge is 0.493 e. The van der Waals surface area contributed by atoms with Crippen molar-refractivity contribution in [1.29, 1.82) is 0 Å². The molecule has 2 aromatic carbocycles. The number of amides is 1. The molecule has 2 aromatic rings. The first-order valence-electron chi connectivity index (χ1n) is 8.78. The molecule has 0 aliphatic carbocycles. The van der Waals surface area contributed by atoms with E-state index < -0.39 is 5.97 Å². The molecule has 0 saturated carbocycles. The molecule has 1 N–H and O–H groups in total. The third-order valence-electron chi connectivity index (χ3n) is 3.96. The highest BCUT2D eigenvalue weighted by atomic mass is 16.6. The second-order valence-corrected chi connectivity index (χ2v) is 6.11. The van der Waals surface area contributed by atoms with Crippen LogP contribution in [0.25, 0.3) is 0 Å². The van der Waals surface area contributed by atoms with Crippen LogP contribution < -0.4 is 14.8 Å². The van der Waals surface area contributed by atoms with Gasteiger partial charge in [-0.25, -0.2) is 4.79 Å². The first-order chi connectivity index (χ1) is 13.0. The van der Waals surface area contributed by atoms with E-state index in [4.69, 9.17) is 9.47 Å². The fourth-order valence-electron chi connectivity index (χ4n) is 2.41. The number of carbonyl (C=O) groups excluding carboxylic acids is 2. The minimum Gasteiger partial charge on any atom is -0.493 e. The predicted molar refractivity (Wildman–Crippen MR) is 103 cm³/mol.